The Morgan fingerprint density at radius 2 is 2.00 bits per heavy atom. The third kappa shape index (κ3) is 3.55. The predicted molar refractivity (Wildman–Crippen MR) is 73.3 cm³/mol. The molecule has 0 amide bonds. The van der Waals surface area contributed by atoms with Crippen LogP contribution in [0.25, 0.3) is 0 Å². The molecule has 1 aliphatic rings. The lowest BCUT2D eigenvalue weighted by molar-refractivity contribution is 0.199. The van der Waals surface area contributed by atoms with Crippen LogP contribution in [0.1, 0.15) is 37.8 Å². The second kappa shape index (κ2) is 5.65. The molecule has 0 bridgehead atoms. The van der Waals surface area contributed by atoms with Crippen molar-refractivity contribution in [1.82, 2.24) is 10.2 Å². The minimum Gasteiger partial charge on any atom is -0.312 e. The number of rotatable bonds is 3. The van der Waals surface area contributed by atoms with Gasteiger partial charge in [-0.3, -0.25) is 4.90 Å². The van der Waals surface area contributed by atoms with Gasteiger partial charge in [-0.15, -0.1) is 0 Å². The van der Waals surface area contributed by atoms with E-state index in [2.05, 4.69) is 55.3 Å². The molecule has 0 aromatic heterocycles. The molecule has 1 aromatic carbocycles. The van der Waals surface area contributed by atoms with Gasteiger partial charge in [0.25, 0.3) is 0 Å². The van der Waals surface area contributed by atoms with E-state index in [1.54, 1.807) is 0 Å². The van der Waals surface area contributed by atoms with Crippen molar-refractivity contribution in [1.29, 1.82) is 0 Å². The molecule has 0 radical (unpaired) electrons. The van der Waals surface area contributed by atoms with Gasteiger partial charge in [-0.25, -0.2) is 0 Å². The molecule has 1 aliphatic heterocycles. The summed E-state index contributed by atoms with van der Waals surface area (Å²) in [5.74, 6) is 0.628. The Morgan fingerprint density at radius 1 is 1.29 bits per heavy atom. The number of nitrogens with zero attached hydrogens (tertiary/aromatic N) is 1. The van der Waals surface area contributed by atoms with E-state index in [0.717, 1.165) is 26.2 Å². The van der Waals surface area contributed by atoms with Crippen LogP contribution < -0.4 is 5.32 Å². The van der Waals surface area contributed by atoms with Crippen molar-refractivity contribution in [2.24, 2.45) is 0 Å². The molecule has 1 fully saturated rings. The summed E-state index contributed by atoms with van der Waals surface area (Å²) in [6.07, 6.45) is 0. The third-order valence-corrected chi connectivity index (χ3v) is 3.51. The van der Waals surface area contributed by atoms with Crippen LogP contribution in [0.4, 0.5) is 0 Å². The molecule has 2 rings (SSSR count). The second-order valence-electron chi connectivity index (χ2n) is 5.49. The number of hydrogen-bond donors (Lipinski definition) is 1. The van der Waals surface area contributed by atoms with Gasteiger partial charge in [-0.2, -0.15) is 0 Å². The highest BCUT2D eigenvalue weighted by molar-refractivity contribution is 5.24. The third-order valence-electron chi connectivity index (χ3n) is 3.51. The van der Waals surface area contributed by atoms with E-state index in [1.165, 1.54) is 11.1 Å². The van der Waals surface area contributed by atoms with Crippen molar-refractivity contribution in [3.63, 3.8) is 0 Å². The molecule has 0 aliphatic carbocycles. The minimum absolute atomic E-state index is 0.624. The first-order chi connectivity index (χ1) is 8.15. The van der Waals surface area contributed by atoms with Gasteiger partial charge in [0.2, 0.25) is 0 Å². The summed E-state index contributed by atoms with van der Waals surface area (Å²) in [5.41, 5.74) is 2.87. The Morgan fingerprint density at radius 3 is 2.59 bits per heavy atom. The lowest BCUT2D eigenvalue weighted by Gasteiger charge is -2.31. The van der Waals surface area contributed by atoms with Gasteiger partial charge in [-0.05, 0) is 24.0 Å². The first-order valence-electron chi connectivity index (χ1n) is 6.69. The van der Waals surface area contributed by atoms with Crippen molar-refractivity contribution < 1.29 is 0 Å². The van der Waals surface area contributed by atoms with Crippen molar-refractivity contribution in [3.8, 4) is 0 Å². The molecule has 1 saturated heterocycles. The van der Waals surface area contributed by atoms with Gasteiger partial charge in [-0.1, -0.05) is 38.1 Å². The number of benzene rings is 1. The van der Waals surface area contributed by atoms with E-state index in [-0.39, 0.29) is 0 Å². The van der Waals surface area contributed by atoms with Crippen LogP contribution >= 0.6 is 0 Å². The van der Waals surface area contributed by atoms with Gasteiger partial charge in [0.05, 0.1) is 0 Å². The molecular formula is C15H24N2. The van der Waals surface area contributed by atoms with Crippen LogP contribution in [0.15, 0.2) is 24.3 Å². The summed E-state index contributed by atoms with van der Waals surface area (Å²) in [6.45, 7) is 11.3. The highest BCUT2D eigenvalue weighted by Gasteiger charge is 2.15. The van der Waals surface area contributed by atoms with Gasteiger partial charge in [0, 0.05) is 32.2 Å². The zero-order valence-corrected chi connectivity index (χ0v) is 11.2. The SMILES string of the molecule is CC(C)c1ccc(CN2CCN[C@H](C)C2)cc1. The molecule has 2 nitrogen and oxygen atoms in total. The average molecular weight is 232 g/mol. The lowest BCUT2D eigenvalue weighted by atomic mass is 10.0. The molecule has 94 valence electrons. The quantitative estimate of drug-likeness (QED) is 0.862. The van der Waals surface area contributed by atoms with E-state index in [9.17, 15) is 0 Å². The lowest BCUT2D eigenvalue weighted by Crippen LogP contribution is -2.48. The summed E-state index contributed by atoms with van der Waals surface area (Å²) in [4.78, 5) is 2.53. The zero-order chi connectivity index (χ0) is 12.3. The van der Waals surface area contributed by atoms with E-state index < -0.39 is 0 Å². The van der Waals surface area contributed by atoms with Crippen LogP contribution in [-0.4, -0.2) is 30.6 Å². The molecule has 1 aromatic rings. The maximum absolute atomic E-state index is 3.48. The Balaban J connectivity index is 1.94. The average Bonchev–Trinajstić information content (AvgIpc) is 2.29. The van der Waals surface area contributed by atoms with Crippen molar-refractivity contribution in [2.45, 2.75) is 39.3 Å². The monoisotopic (exact) mass is 232 g/mol. The van der Waals surface area contributed by atoms with E-state index in [0.29, 0.717) is 12.0 Å². The molecule has 0 unspecified atom stereocenters. The van der Waals surface area contributed by atoms with E-state index in [1.807, 2.05) is 0 Å². The van der Waals surface area contributed by atoms with Crippen molar-refractivity contribution >= 4 is 0 Å². The van der Waals surface area contributed by atoms with Crippen molar-refractivity contribution in [2.75, 3.05) is 19.6 Å². The van der Waals surface area contributed by atoms with Crippen LogP contribution in [0.2, 0.25) is 0 Å². The number of piperazine rings is 1. The minimum atomic E-state index is 0.624. The Hall–Kier alpha value is -0.860. The predicted octanol–water partition coefficient (Wildman–Crippen LogP) is 2.60. The Kier molecular flexibility index (Phi) is 4.19. The number of nitrogens with one attached hydrogen (secondary N) is 1. The Labute approximate surface area is 105 Å². The summed E-state index contributed by atoms with van der Waals surface area (Å²) >= 11 is 0. The standard InChI is InChI=1S/C15H24N2/c1-12(2)15-6-4-14(5-7-15)11-17-9-8-16-13(3)10-17/h4-7,12-13,16H,8-11H2,1-3H3/t13-/m1/s1. The molecule has 1 atom stereocenters. The smallest absolute Gasteiger partial charge is 0.0234 e. The summed E-state index contributed by atoms with van der Waals surface area (Å²) < 4.78 is 0. The molecule has 1 heterocycles. The molecule has 1 N–H and O–H groups in total. The fourth-order valence-electron chi connectivity index (χ4n) is 2.42. The second-order valence-corrected chi connectivity index (χ2v) is 5.49. The number of hydrogen-bond acceptors (Lipinski definition) is 2. The summed E-state index contributed by atoms with van der Waals surface area (Å²) in [5, 5.41) is 3.48. The van der Waals surface area contributed by atoms with Gasteiger partial charge in [0.15, 0.2) is 0 Å². The molecule has 0 saturated carbocycles. The fourth-order valence-corrected chi connectivity index (χ4v) is 2.42. The van der Waals surface area contributed by atoms with Gasteiger partial charge in [0.1, 0.15) is 0 Å². The molecule has 0 spiro atoms. The molecule has 2 heteroatoms. The largest absolute Gasteiger partial charge is 0.312 e. The highest BCUT2D eigenvalue weighted by atomic mass is 15.2. The topological polar surface area (TPSA) is 15.3 Å². The maximum atomic E-state index is 3.48. The normalized spacial score (nSPS) is 22.0. The van der Waals surface area contributed by atoms with Crippen molar-refractivity contribution in [3.05, 3.63) is 35.4 Å². The first-order valence-corrected chi connectivity index (χ1v) is 6.69. The van der Waals surface area contributed by atoms with E-state index >= 15 is 0 Å². The van der Waals surface area contributed by atoms with Crippen LogP contribution in [0.5, 0.6) is 0 Å². The molecule has 17 heavy (non-hydrogen) atoms. The Bertz CT molecular complexity index is 342. The highest BCUT2D eigenvalue weighted by Crippen LogP contribution is 2.16. The first kappa shape index (κ1) is 12.6. The molecular weight excluding hydrogens is 208 g/mol. The fraction of sp³-hybridized carbons (Fsp3) is 0.600. The zero-order valence-electron chi connectivity index (χ0n) is 11.2. The maximum Gasteiger partial charge on any atom is 0.0234 e. The van der Waals surface area contributed by atoms with Crippen LogP contribution in [0, 0.1) is 0 Å². The van der Waals surface area contributed by atoms with E-state index in [4.69, 9.17) is 0 Å². The summed E-state index contributed by atoms with van der Waals surface area (Å²) in [6, 6.07) is 9.72. The summed E-state index contributed by atoms with van der Waals surface area (Å²) in [7, 11) is 0. The van der Waals surface area contributed by atoms with Crippen LogP contribution in [-0.2, 0) is 6.54 Å². The van der Waals surface area contributed by atoms with Gasteiger partial charge >= 0.3 is 0 Å². The van der Waals surface area contributed by atoms with Crippen LogP contribution in [0.3, 0.4) is 0 Å². The van der Waals surface area contributed by atoms with Gasteiger partial charge < -0.3 is 5.32 Å².